The molecule has 25 heavy (non-hydrogen) atoms. The van der Waals surface area contributed by atoms with Crippen LogP contribution in [0, 0.1) is 0 Å². The second kappa shape index (κ2) is 8.16. The fraction of sp³-hybridized carbons (Fsp3) is 0.316. The summed E-state index contributed by atoms with van der Waals surface area (Å²) in [5, 5.41) is 12.2. The third-order valence-corrected chi connectivity index (χ3v) is 4.80. The summed E-state index contributed by atoms with van der Waals surface area (Å²) in [5.74, 6) is 0.810. The van der Waals surface area contributed by atoms with Crippen LogP contribution in [0.2, 0.25) is 0 Å². The summed E-state index contributed by atoms with van der Waals surface area (Å²) in [6.07, 6.45) is 2.72. The van der Waals surface area contributed by atoms with Gasteiger partial charge in [0, 0.05) is 23.5 Å². The van der Waals surface area contributed by atoms with Crippen molar-refractivity contribution in [2.24, 2.45) is 0 Å². The van der Waals surface area contributed by atoms with Crippen LogP contribution in [0.3, 0.4) is 0 Å². The van der Waals surface area contributed by atoms with E-state index in [2.05, 4.69) is 5.32 Å². The van der Waals surface area contributed by atoms with Gasteiger partial charge in [0.15, 0.2) is 11.5 Å². The van der Waals surface area contributed by atoms with Crippen molar-refractivity contribution in [2.45, 2.75) is 24.3 Å². The molecule has 0 saturated carbocycles. The molecule has 0 spiro atoms. The van der Waals surface area contributed by atoms with Gasteiger partial charge in [-0.2, -0.15) is 0 Å². The highest BCUT2D eigenvalue weighted by atomic mass is 32.2. The molecular formula is C19H21NO4S. The second-order valence-electron chi connectivity index (χ2n) is 5.76. The lowest BCUT2D eigenvalue weighted by atomic mass is 10.1. The van der Waals surface area contributed by atoms with Crippen molar-refractivity contribution in [2.75, 3.05) is 24.8 Å². The van der Waals surface area contributed by atoms with Crippen LogP contribution in [0.4, 0.5) is 5.69 Å². The molecule has 132 valence electrons. The highest BCUT2D eigenvalue weighted by Crippen LogP contribution is 2.36. The van der Waals surface area contributed by atoms with Gasteiger partial charge in [-0.3, -0.25) is 4.79 Å². The van der Waals surface area contributed by atoms with Gasteiger partial charge >= 0.3 is 5.97 Å². The SMILES string of the molecule is CSc1cc2c(cc1CNc1cccc(CCC(=O)O)c1)OCCO2. The second-order valence-corrected chi connectivity index (χ2v) is 6.60. The van der Waals surface area contributed by atoms with Crippen LogP contribution in [-0.2, 0) is 17.8 Å². The molecule has 3 rings (SSSR count). The van der Waals surface area contributed by atoms with Crippen molar-refractivity contribution in [1.29, 1.82) is 0 Å². The molecule has 5 nitrogen and oxygen atoms in total. The standard InChI is InChI=1S/C19H21NO4S/c1-25-18-11-17-16(23-7-8-24-17)10-14(18)12-20-15-4-2-3-13(9-15)5-6-19(21)22/h2-4,9-11,20H,5-8,12H2,1H3,(H,21,22). The first-order valence-electron chi connectivity index (χ1n) is 8.17. The zero-order chi connectivity index (χ0) is 17.6. The molecule has 2 aromatic carbocycles. The van der Waals surface area contributed by atoms with Crippen LogP contribution in [0.25, 0.3) is 0 Å². The monoisotopic (exact) mass is 359 g/mol. The summed E-state index contributed by atoms with van der Waals surface area (Å²) < 4.78 is 11.3. The van der Waals surface area contributed by atoms with E-state index in [-0.39, 0.29) is 6.42 Å². The minimum Gasteiger partial charge on any atom is -0.486 e. The van der Waals surface area contributed by atoms with E-state index in [1.54, 1.807) is 11.8 Å². The van der Waals surface area contributed by atoms with Gasteiger partial charge < -0.3 is 19.9 Å². The number of aliphatic carboxylic acids is 1. The van der Waals surface area contributed by atoms with Crippen LogP contribution >= 0.6 is 11.8 Å². The number of carboxylic acids is 1. The van der Waals surface area contributed by atoms with Gasteiger partial charge in [-0.1, -0.05) is 12.1 Å². The molecule has 0 atom stereocenters. The molecule has 0 radical (unpaired) electrons. The number of carbonyl (C=O) groups is 1. The van der Waals surface area contributed by atoms with Crippen molar-refractivity contribution in [3.8, 4) is 11.5 Å². The van der Waals surface area contributed by atoms with Crippen molar-refractivity contribution < 1.29 is 19.4 Å². The molecule has 0 aliphatic carbocycles. The van der Waals surface area contributed by atoms with E-state index in [9.17, 15) is 4.79 Å². The molecule has 6 heteroatoms. The topological polar surface area (TPSA) is 67.8 Å². The Morgan fingerprint density at radius 3 is 2.68 bits per heavy atom. The molecule has 0 saturated heterocycles. The maximum Gasteiger partial charge on any atom is 0.303 e. The number of carboxylic acid groups (broad SMARTS) is 1. The van der Waals surface area contributed by atoms with E-state index in [0.29, 0.717) is 26.2 Å². The Balaban J connectivity index is 1.71. The van der Waals surface area contributed by atoms with Crippen LogP contribution in [0.15, 0.2) is 41.3 Å². The molecule has 0 fully saturated rings. The van der Waals surface area contributed by atoms with Crippen LogP contribution in [0.1, 0.15) is 17.5 Å². The lowest BCUT2D eigenvalue weighted by Gasteiger charge is -2.21. The minimum absolute atomic E-state index is 0.141. The van der Waals surface area contributed by atoms with Gasteiger partial charge in [0.1, 0.15) is 13.2 Å². The summed E-state index contributed by atoms with van der Waals surface area (Å²) >= 11 is 1.68. The van der Waals surface area contributed by atoms with Gasteiger partial charge in [0.05, 0.1) is 0 Å². The first kappa shape index (κ1) is 17.5. The summed E-state index contributed by atoms with van der Waals surface area (Å²) in [6.45, 7) is 1.82. The van der Waals surface area contributed by atoms with Crippen molar-refractivity contribution in [1.82, 2.24) is 0 Å². The highest BCUT2D eigenvalue weighted by molar-refractivity contribution is 7.98. The molecule has 1 aliphatic heterocycles. The van der Waals surface area contributed by atoms with E-state index < -0.39 is 5.97 Å². The smallest absolute Gasteiger partial charge is 0.303 e. The quantitative estimate of drug-likeness (QED) is 0.733. The molecule has 2 N–H and O–H groups in total. The Labute approximate surface area is 151 Å². The van der Waals surface area contributed by atoms with Crippen molar-refractivity contribution in [3.05, 3.63) is 47.5 Å². The zero-order valence-electron chi connectivity index (χ0n) is 14.1. The van der Waals surface area contributed by atoms with Crippen molar-refractivity contribution in [3.63, 3.8) is 0 Å². The Morgan fingerprint density at radius 2 is 1.96 bits per heavy atom. The molecule has 0 unspecified atom stereocenters. The third kappa shape index (κ3) is 4.60. The number of aryl methyl sites for hydroxylation is 1. The molecule has 1 aliphatic rings. The molecule has 1 heterocycles. The minimum atomic E-state index is -0.778. The van der Waals surface area contributed by atoms with E-state index in [1.807, 2.05) is 42.7 Å². The number of hydrogen-bond acceptors (Lipinski definition) is 5. The molecule has 0 amide bonds. The van der Waals surface area contributed by atoms with Gasteiger partial charge in [-0.25, -0.2) is 0 Å². The number of thioether (sulfide) groups is 1. The number of benzene rings is 2. The van der Waals surface area contributed by atoms with Gasteiger partial charge in [0.25, 0.3) is 0 Å². The lowest BCUT2D eigenvalue weighted by Crippen LogP contribution is -2.16. The van der Waals surface area contributed by atoms with Gasteiger partial charge in [-0.05, 0) is 48.1 Å². The lowest BCUT2D eigenvalue weighted by molar-refractivity contribution is -0.136. The third-order valence-electron chi connectivity index (χ3n) is 3.98. The molecule has 2 aromatic rings. The van der Waals surface area contributed by atoms with Crippen molar-refractivity contribution >= 4 is 23.4 Å². The number of hydrogen-bond donors (Lipinski definition) is 2. The fourth-order valence-corrected chi connectivity index (χ4v) is 3.34. The van der Waals surface area contributed by atoms with Gasteiger partial charge in [-0.15, -0.1) is 11.8 Å². The fourth-order valence-electron chi connectivity index (χ4n) is 2.73. The highest BCUT2D eigenvalue weighted by Gasteiger charge is 2.15. The van der Waals surface area contributed by atoms with Crippen LogP contribution < -0.4 is 14.8 Å². The van der Waals surface area contributed by atoms with E-state index in [1.165, 1.54) is 0 Å². The number of anilines is 1. The summed E-state index contributed by atoms with van der Waals surface area (Å²) in [7, 11) is 0. The summed E-state index contributed by atoms with van der Waals surface area (Å²) in [6, 6.07) is 11.9. The van der Waals surface area contributed by atoms with Crippen LogP contribution in [-0.4, -0.2) is 30.5 Å². The predicted octanol–water partition coefficient (Wildman–Crippen LogP) is 3.81. The summed E-state index contributed by atoms with van der Waals surface area (Å²) in [4.78, 5) is 11.9. The first-order valence-corrected chi connectivity index (χ1v) is 9.39. The maximum atomic E-state index is 10.7. The Morgan fingerprint density at radius 1 is 1.20 bits per heavy atom. The van der Waals surface area contributed by atoms with Gasteiger partial charge in [0.2, 0.25) is 0 Å². The Bertz CT molecular complexity index is 763. The number of ether oxygens (including phenoxy) is 2. The van der Waals surface area contributed by atoms with E-state index in [0.717, 1.165) is 33.2 Å². The average molecular weight is 359 g/mol. The number of rotatable bonds is 7. The Kier molecular flexibility index (Phi) is 5.71. The molecule has 0 bridgehead atoms. The van der Waals surface area contributed by atoms with E-state index >= 15 is 0 Å². The average Bonchev–Trinajstić information content (AvgIpc) is 2.64. The first-order chi connectivity index (χ1) is 12.2. The van der Waals surface area contributed by atoms with Crippen LogP contribution in [0.5, 0.6) is 11.5 Å². The largest absolute Gasteiger partial charge is 0.486 e. The summed E-state index contributed by atoms with van der Waals surface area (Å²) in [5.41, 5.74) is 3.14. The zero-order valence-corrected chi connectivity index (χ0v) is 14.9. The molecular weight excluding hydrogens is 338 g/mol. The maximum absolute atomic E-state index is 10.7. The number of fused-ring (bicyclic) bond motifs is 1. The van der Waals surface area contributed by atoms with E-state index in [4.69, 9.17) is 14.6 Å². The molecule has 0 aromatic heterocycles. The Hall–Kier alpha value is -2.34. The number of nitrogens with one attached hydrogen (secondary N) is 1. The normalized spacial score (nSPS) is 12.7. The predicted molar refractivity (Wildman–Crippen MR) is 98.9 cm³/mol.